The number of halogens is 2. The van der Waals surface area contributed by atoms with Crippen molar-refractivity contribution in [1.29, 1.82) is 0 Å². The Morgan fingerprint density at radius 3 is 2.55 bits per heavy atom. The van der Waals surface area contributed by atoms with Gasteiger partial charge in [-0.2, -0.15) is 8.78 Å². The van der Waals surface area contributed by atoms with E-state index in [2.05, 4.69) is 14.7 Å². The monoisotopic (exact) mass is 393 g/mol. The van der Waals surface area contributed by atoms with Crippen molar-refractivity contribution in [2.75, 3.05) is 0 Å². The van der Waals surface area contributed by atoms with E-state index in [0.29, 0.717) is 11.3 Å². The van der Waals surface area contributed by atoms with Crippen molar-refractivity contribution in [3.8, 4) is 17.0 Å². The van der Waals surface area contributed by atoms with Crippen LogP contribution in [-0.2, 0) is 13.5 Å². The van der Waals surface area contributed by atoms with Crippen LogP contribution in [0.2, 0.25) is 0 Å². The van der Waals surface area contributed by atoms with Crippen LogP contribution in [0.5, 0.6) is 5.75 Å². The Morgan fingerprint density at radius 1 is 1.07 bits per heavy atom. The molecule has 0 atom stereocenters. The summed E-state index contributed by atoms with van der Waals surface area (Å²) in [6.07, 6.45) is 5.40. The summed E-state index contributed by atoms with van der Waals surface area (Å²) >= 11 is 0. The lowest BCUT2D eigenvalue weighted by molar-refractivity contribution is -0.0498. The van der Waals surface area contributed by atoms with E-state index in [1.54, 1.807) is 18.7 Å². The van der Waals surface area contributed by atoms with E-state index in [-0.39, 0.29) is 18.0 Å². The zero-order chi connectivity index (χ0) is 20.4. The van der Waals surface area contributed by atoms with E-state index < -0.39 is 6.61 Å². The van der Waals surface area contributed by atoms with Crippen LogP contribution in [0.4, 0.5) is 8.78 Å². The molecule has 0 aliphatic rings. The predicted octanol–water partition coefficient (Wildman–Crippen LogP) is 4.66. The van der Waals surface area contributed by atoms with Gasteiger partial charge in [0.25, 0.3) is 0 Å². The van der Waals surface area contributed by atoms with Crippen LogP contribution < -0.4 is 4.74 Å². The van der Waals surface area contributed by atoms with E-state index in [9.17, 15) is 13.6 Å². The van der Waals surface area contributed by atoms with Crippen LogP contribution >= 0.6 is 0 Å². The lowest BCUT2D eigenvalue weighted by Gasteiger charge is -2.07. The van der Waals surface area contributed by atoms with Crippen LogP contribution in [0.15, 0.2) is 67.3 Å². The summed E-state index contributed by atoms with van der Waals surface area (Å²) in [5.74, 6) is -0.133. The Bertz CT molecular complexity index is 1170. The zero-order valence-electron chi connectivity index (χ0n) is 15.5. The lowest BCUT2D eigenvalue weighted by atomic mass is 10.0. The van der Waals surface area contributed by atoms with E-state index in [0.717, 1.165) is 22.0 Å². The van der Waals surface area contributed by atoms with E-state index in [1.165, 1.54) is 24.3 Å². The fraction of sp³-hybridized carbons (Fsp3) is 0.136. The summed E-state index contributed by atoms with van der Waals surface area (Å²) in [5.41, 5.74) is 3.07. The average Bonchev–Trinajstić information content (AvgIpc) is 3.13. The van der Waals surface area contributed by atoms with Gasteiger partial charge in [0.1, 0.15) is 5.75 Å². The molecule has 0 aliphatic heterocycles. The molecule has 2 aromatic heterocycles. The third-order valence-electron chi connectivity index (χ3n) is 4.63. The first kappa shape index (κ1) is 18.7. The molecule has 0 spiro atoms. The van der Waals surface area contributed by atoms with Gasteiger partial charge < -0.3 is 9.30 Å². The number of alkyl halides is 2. The third-order valence-corrected chi connectivity index (χ3v) is 4.63. The zero-order valence-corrected chi connectivity index (χ0v) is 15.5. The van der Waals surface area contributed by atoms with Crippen molar-refractivity contribution in [3.05, 3.63) is 78.5 Å². The molecule has 146 valence electrons. The Morgan fingerprint density at radius 2 is 1.86 bits per heavy atom. The number of benzene rings is 2. The molecule has 0 bridgehead atoms. The van der Waals surface area contributed by atoms with Gasteiger partial charge in [0, 0.05) is 35.5 Å². The first-order chi connectivity index (χ1) is 14.0. The second-order valence-corrected chi connectivity index (χ2v) is 6.63. The summed E-state index contributed by atoms with van der Waals surface area (Å²) in [6, 6.07) is 13.6. The molecule has 5 nitrogen and oxygen atoms in total. The number of aryl methyl sites for hydroxylation is 1. The number of fused-ring (bicyclic) bond motifs is 1. The van der Waals surface area contributed by atoms with Crippen molar-refractivity contribution in [2.45, 2.75) is 13.0 Å². The molecule has 0 N–H and O–H groups in total. The van der Waals surface area contributed by atoms with Crippen LogP contribution in [0, 0.1) is 0 Å². The smallest absolute Gasteiger partial charge is 0.387 e. The van der Waals surface area contributed by atoms with Crippen molar-refractivity contribution in [3.63, 3.8) is 0 Å². The number of hydrogen-bond acceptors (Lipinski definition) is 4. The van der Waals surface area contributed by atoms with Gasteiger partial charge >= 0.3 is 6.61 Å². The first-order valence-electron chi connectivity index (χ1n) is 8.93. The minimum Gasteiger partial charge on any atom is -0.435 e. The van der Waals surface area contributed by atoms with E-state index >= 15 is 0 Å². The summed E-state index contributed by atoms with van der Waals surface area (Å²) in [6.45, 7) is -2.89. The number of carbonyl (C=O) groups is 1. The molecule has 0 radical (unpaired) electrons. The van der Waals surface area contributed by atoms with Gasteiger partial charge in [0.15, 0.2) is 5.78 Å². The van der Waals surface area contributed by atoms with Gasteiger partial charge in [-0.1, -0.05) is 12.1 Å². The maximum Gasteiger partial charge on any atom is 0.387 e. The maximum atomic E-state index is 12.5. The standard InChI is InChI=1S/C22H17F2N3O2/c1-27-13-25-12-20(27)15-2-3-16-11-26-18(9-17(16)8-15)10-21(28)14-4-6-19(7-5-14)29-22(23)24/h2-9,11-13,22H,10H2,1H3. The van der Waals surface area contributed by atoms with E-state index in [1.807, 2.05) is 35.9 Å². The molecular formula is C22H17F2N3O2. The number of hydrogen-bond donors (Lipinski definition) is 0. The number of rotatable bonds is 6. The number of pyridine rings is 1. The topological polar surface area (TPSA) is 57.0 Å². The predicted molar refractivity (Wildman–Crippen MR) is 105 cm³/mol. The van der Waals surface area contributed by atoms with Crippen LogP contribution in [0.1, 0.15) is 16.1 Å². The summed E-state index contributed by atoms with van der Waals surface area (Å²) in [5, 5.41) is 1.95. The molecule has 4 rings (SSSR count). The largest absolute Gasteiger partial charge is 0.435 e. The number of ketones is 1. The first-order valence-corrected chi connectivity index (χ1v) is 8.93. The van der Waals surface area contributed by atoms with Gasteiger partial charge in [0.2, 0.25) is 0 Å². The number of imidazole rings is 1. The van der Waals surface area contributed by atoms with Gasteiger partial charge in [-0.25, -0.2) is 4.98 Å². The molecule has 0 fully saturated rings. The second-order valence-electron chi connectivity index (χ2n) is 6.63. The molecule has 7 heteroatoms. The summed E-state index contributed by atoms with van der Waals surface area (Å²) < 4.78 is 30.7. The van der Waals surface area contributed by atoms with Crippen molar-refractivity contribution in [1.82, 2.24) is 14.5 Å². The minimum atomic E-state index is -2.89. The Labute approximate surface area is 165 Å². The molecule has 29 heavy (non-hydrogen) atoms. The Hall–Kier alpha value is -3.61. The van der Waals surface area contributed by atoms with Crippen molar-refractivity contribution in [2.24, 2.45) is 7.05 Å². The number of Topliss-reactive ketones (excluding diaryl/α,β-unsaturated/α-hetero) is 1. The highest BCUT2D eigenvalue weighted by Crippen LogP contribution is 2.24. The Kier molecular flexibility index (Phi) is 5.03. The highest BCUT2D eigenvalue weighted by atomic mass is 19.3. The van der Waals surface area contributed by atoms with Gasteiger partial charge in [-0.05, 0) is 41.8 Å². The maximum absolute atomic E-state index is 12.5. The lowest BCUT2D eigenvalue weighted by Crippen LogP contribution is -2.06. The van der Waals surface area contributed by atoms with Gasteiger partial charge in [0.05, 0.1) is 24.6 Å². The molecule has 0 saturated carbocycles. The second kappa shape index (κ2) is 7.79. The van der Waals surface area contributed by atoms with Crippen LogP contribution in [0.3, 0.4) is 0 Å². The number of aromatic nitrogens is 3. The number of carbonyl (C=O) groups excluding carboxylic acids is 1. The number of nitrogens with zero attached hydrogens (tertiary/aromatic N) is 3. The highest BCUT2D eigenvalue weighted by molar-refractivity contribution is 5.98. The molecule has 4 aromatic rings. The molecule has 2 heterocycles. The molecule has 0 amide bonds. The van der Waals surface area contributed by atoms with Crippen molar-refractivity contribution >= 4 is 16.6 Å². The third kappa shape index (κ3) is 4.13. The van der Waals surface area contributed by atoms with Crippen LogP contribution in [0.25, 0.3) is 22.0 Å². The molecular weight excluding hydrogens is 376 g/mol. The molecule has 0 aliphatic carbocycles. The fourth-order valence-electron chi connectivity index (χ4n) is 3.17. The van der Waals surface area contributed by atoms with Crippen molar-refractivity contribution < 1.29 is 18.3 Å². The summed E-state index contributed by atoms with van der Waals surface area (Å²) in [7, 11) is 1.93. The highest BCUT2D eigenvalue weighted by Gasteiger charge is 2.11. The number of ether oxygens (including phenoxy) is 1. The Balaban J connectivity index is 1.56. The molecule has 0 unspecified atom stereocenters. The quantitative estimate of drug-likeness (QED) is 0.447. The normalized spacial score (nSPS) is 11.2. The van der Waals surface area contributed by atoms with Gasteiger partial charge in [-0.15, -0.1) is 0 Å². The minimum absolute atomic E-state index is 0.0167. The fourth-order valence-corrected chi connectivity index (χ4v) is 3.17. The van der Waals surface area contributed by atoms with Gasteiger partial charge in [-0.3, -0.25) is 9.78 Å². The average molecular weight is 393 g/mol. The van der Waals surface area contributed by atoms with E-state index in [4.69, 9.17) is 0 Å². The molecule has 2 aromatic carbocycles. The SMILES string of the molecule is Cn1cncc1-c1ccc2cnc(CC(=O)c3ccc(OC(F)F)cc3)cc2c1. The summed E-state index contributed by atoms with van der Waals surface area (Å²) in [4.78, 5) is 21.1. The van der Waals surface area contributed by atoms with Crippen LogP contribution in [-0.4, -0.2) is 26.9 Å². The molecule has 0 saturated heterocycles.